The fourth-order valence-corrected chi connectivity index (χ4v) is 5.77. The van der Waals surface area contributed by atoms with Gasteiger partial charge in [-0.15, -0.1) is 0 Å². The third-order valence-corrected chi connectivity index (χ3v) is 7.86. The van der Waals surface area contributed by atoms with Gasteiger partial charge in [0, 0.05) is 0 Å². The number of benzene rings is 1. The van der Waals surface area contributed by atoms with E-state index in [0.29, 0.717) is 5.01 Å². The molecule has 1 N–H and O–H groups in total. The van der Waals surface area contributed by atoms with E-state index >= 15 is 0 Å². The zero-order valence-electron chi connectivity index (χ0n) is 16.5. The maximum atomic E-state index is 12.9. The summed E-state index contributed by atoms with van der Waals surface area (Å²) in [5, 5.41) is 11.6. The van der Waals surface area contributed by atoms with Crippen LogP contribution in [0.25, 0.3) is 10.4 Å². The van der Waals surface area contributed by atoms with E-state index in [1.165, 1.54) is 11.3 Å². The number of nitrogens with zero attached hydrogens (tertiary/aromatic N) is 4. The molecule has 1 radical (unpaired) electrons. The average Bonchev–Trinajstić information content (AvgIpc) is 3.38. The molecule has 10 heteroatoms. The monoisotopic (exact) mass is 505 g/mol. The summed E-state index contributed by atoms with van der Waals surface area (Å²) in [6, 6.07) is 10.3. The van der Waals surface area contributed by atoms with Crippen molar-refractivity contribution in [1.29, 1.82) is 0 Å². The number of aliphatic hydroxyl groups is 1. The van der Waals surface area contributed by atoms with Crippen LogP contribution in [0.15, 0.2) is 61.2 Å². The topological polar surface area (TPSA) is 63.8 Å². The summed E-state index contributed by atoms with van der Waals surface area (Å²) in [5.74, 6) is 0. The van der Waals surface area contributed by atoms with E-state index in [9.17, 15) is 18.3 Å². The second-order valence-corrected chi connectivity index (χ2v) is 10.5. The van der Waals surface area contributed by atoms with Gasteiger partial charge in [-0.3, -0.25) is 0 Å². The standard InChI is InChI=1S/C21H17AsF3N4OS/c1-20(30,14-7-9-29(2)12-14)18-27-11-16(31-18)13-4-3-5-15(10-13)22-19-26-8-6-17(28-19)21(23,24)25/h3-12,30H,1-2H3. The van der Waals surface area contributed by atoms with Crippen molar-refractivity contribution < 1.29 is 18.3 Å². The quantitative estimate of drug-likeness (QED) is 0.424. The Morgan fingerprint density at radius 3 is 2.65 bits per heavy atom. The molecule has 4 rings (SSSR count). The van der Waals surface area contributed by atoms with Gasteiger partial charge >= 0.3 is 187 Å². The van der Waals surface area contributed by atoms with E-state index in [-0.39, 0.29) is 4.61 Å². The van der Waals surface area contributed by atoms with Crippen molar-refractivity contribution in [3.63, 3.8) is 0 Å². The van der Waals surface area contributed by atoms with Crippen LogP contribution in [0.4, 0.5) is 13.2 Å². The van der Waals surface area contributed by atoms with Crippen LogP contribution < -0.4 is 8.96 Å². The van der Waals surface area contributed by atoms with Gasteiger partial charge in [0.25, 0.3) is 0 Å². The summed E-state index contributed by atoms with van der Waals surface area (Å²) in [4.78, 5) is 13.0. The first-order chi connectivity index (χ1) is 14.6. The van der Waals surface area contributed by atoms with Gasteiger partial charge < -0.3 is 0 Å². The molecule has 1 atom stereocenters. The first-order valence-corrected chi connectivity index (χ1v) is 11.9. The van der Waals surface area contributed by atoms with E-state index in [0.717, 1.165) is 32.6 Å². The molecule has 1 unspecified atom stereocenters. The molecule has 0 aliphatic carbocycles. The number of halogens is 3. The van der Waals surface area contributed by atoms with Crippen LogP contribution >= 0.6 is 11.3 Å². The molecule has 159 valence electrons. The molecule has 0 saturated carbocycles. The summed E-state index contributed by atoms with van der Waals surface area (Å²) in [6.45, 7) is 1.71. The summed E-state index contributed by atoms with van der Waals surface area (Å²) in [5.41, 5.74) is -0.525. The van der Waals surface area contributed by atoms with Crippen molar-refractivity contribution in [2.24, 2.45) is 7.05 Å². The fraction of sp³-hybridized carbons (Fsp3) is 0.190. The molecule has 4 aromatic rings. The molecule has 0 aliphatic rings. The second kappa shape index (κ2) is 8.22. The Hall–Kier alpha value is -2.48. The van der Waals surface area contributed by atoms with Crippen LogP contribution in [0.3, 0.4) is 0 Å². The summed E-state index contributed by atoms with van der Waals surface area (Å²) < 4.78 is 41.7. The van der Waals surface area contributed by atoms with Crippen LogP contribution in [0, 0.1) is 0 Å². The SMILES string of the molecule is Cn1ccc(C(C)(O)c2ncc(-c3cccc([As]c4nccc(C(F)(F)F)n4)c3)s2)c1. The van der Waals surface area contributed by atoms with Crippen molar-refractivity contribution in [3.8, 4) is 10.4 Å². The molecule has 3 aromatic heterocycles. The average molecular weight is 505 g/mol. The normalized spacial score (nSPS) is 14.3. The Morgan fingerprint density at radius 1 is 1.13 bits per heavy atom. The van der Waals surface area contributed by atoms with Gasteiger partial charge in [-0.2, -0.15) is 0 Å². The van der Waals surface area contributed by atoms with Crippen LogP contribution in [0.2, 0.25) is 0 Å². The van der Waals surface area contributed by atoms with Gasteiger partial charge in [0.2, 0.25) is 0 Å². The molecule has 0 spiro atoms. The third-order valence-electron chi connectivity index (χ3n) is 4.61. The van der Waals surface area contributed by atoms with Crippen LogP contribution in [-0.4, -0.2) is 40.4 Å². The minimum atomic E-state index is -4.49. The van der Waals surface area contributed by atoms with Gasteiger partial charge in [-0.05, 0) is 0 Å². The van der Waals surface area contributed by atoms with Gasteiger partial charge in [0.1, 0.15) is 0 Å². The minimum absolute atomic E-state index is 0.195. The van der Waals surface area contributed by atoms with Gasteiger partial charge in [0.05, 0.1) is 0 Å². The van der Waals surface area contributed by atoms with E-state index < -0.39 is 33.2 Å². The van der Waals surface area contributed by atoms with E-state index in [4.69, 9.17) is 0 Å². The molecule has 1 aromatic carbocycles. The number of hydrogen-bond donors (Lipinski definition) is 1. The Labute approximate surface area is 187 Å². The van der Waals surface area contributed by atoms with Crippen LogP contribution in [0.5, 0.6) is 0 Å². The summed E-state index contributed by atoms with van der Waals surface area (Å²) >= 11 is 0.563. The molecule has 0 fully saturated rings. The zero-order chi connectivity index (χ0) is 22.2. The number of rotatable bonds is 5. The van der Waals surface area contributed by atoms with Gasteiger partial charge in [0.15, 0.2) is 0 Å². The Morgan fingerprint density at radius 2 is 1.94 bits per heavy atom. The van der Waals surface area contributed by atoms with Crippen molar-refractivity contribution in [2.75, 3.05) is 0 Å². The van der Waals surface area contributed by atoms with Crippen molar-refractivity contribution >= 4 is 36.1 Å². The van der Waals surface area contributed by atoms with Crippen LogP contribution in [0.1, 0.15) is 23.2 Å². The molecule has 5 nitrogen and oxygen atoms in total. The van der Waals surface area contributed by atoms with E-state index in [1.54, 1.807) is 13.1 Å². The predicted octanol–water partition coefficient (Wildman–Crippen LogP) is 2.87. The van der Waals surface area contributed by atoms with Crippen LogP contribution in [-0.2, 0) is 18.8 Å². The molecule has 0 saturated heterocycles. The van der Waals surface area contributed by atoms with Crippen molar-refractivity contribution in [1.82, 2.24) is 19.5 Å². The first-order valence-electron chi connectivity index (χ1n) is 9.16. The van der Waals surface area contributed by atoms with Crippen molar-refractivity contribution in [3.05, 3.63) is 77.5 Å². The molecule has 31 heavy (non-hydrogen) atoms. The fourth-order valence-electron chi connectivity index (χ4n) is 2.95. The zero-order valence-corrected chi connectivity index (χ0v) is 19.2. The summed E-state index contributed by atoms with van der Waals surface area (Å²) in [7, 11) is 1.88. The van der Waals surface area contributed by atoms with E-state index in [1.807, 2.05) is 54.3 Å². The molecular weight excluding hydrogens is 488 g/mol. The number of aromatic nitrogens is 4. The summed E-state index contributed by atoms with van der Waals surface area (Å²) in [6.07, 6.45) is 2.07. The third kappa shape index (κ3) is 4.74. The number of thiazole rings is 1. The van der Waals surface area contributed by atoms with E-state index in [2.05, 4.69) is 15.0 Å². The number of hydrogen-bond acceptors (Lipinski definition) is 5. The van der Waals surface area contributed by atoms with Gasteiger partial charge in [-0.25, -0.2) is 0 Å². The maximum absolute atomic E-state index is 12.9. The molecule has 0 aliphatic heterocycles. The Kier molecular flexibility index (Phi) is 5.76. The van der Waals surface area contributed by atoms with Gasteiger partial charge in [-0.1, -0.05) is 0 Å². The predicted molar refractivity (Wildman–Crippen MR) is 114 cm³/mol. The van der Waals surface area contributed by atoms with Crippen molar-refractivity contribution in [2.45, 2.75) is 18.7 Å². The molecule has 0 bridgehead atoms. The second-order valence-electron chi connectivity index (χ2n) is 7.07. The number of alkyl halides is 3. The Bertz CT molecular complexity index is 1220. The molecule has 3 heterocycles. The Balaban J connectivity index is 1.58. The molecule has 0 amide bonds. The molecular formula is C21H17AsF3N4OS. The first kappa shape index (κ1) is 21.7. The number of aryl methyl sites for hydroxylation is 1.